The lowest BCUT2D eigenvalue weighted by atomic mass is 10.2. The molecule has 3 heteroatoms. The molecule has 0 aromatic carbocycles. The first-order chi connectivity index (χ1) is 6.18. The van der Waals surface area contributed by atoms with Gasteiger partial charge in [0.25, 0.3) is 0 Å². The molecular formula is C10H14N2O. The smallest absolute Gasteiger partial charge is 0.224 e. The van der Waals surface area contributed by atoms with Crippen molar-refractivity contribution in [3.8, 4) is 0 Å². The maximum absolute atomic E-state index is 11.3. The Morgan fingerprint density at radius 2 is 2.08 bits per heavy atom. The standard InChI is InChI=1S/C10H14N2O/c1-8(2)12-10(13)7-9-3-5-11-6-4-9/h3-6,8H,7H2,1-2H3,(H,12,13). The van der Waals surface area contributed by atoms with Gasteiger partial charge < -0.3 is 5.32 Å². The number of amides is 1. The van der Waals surface area contributed by atoms with Crippen LogP contribution in [0.5, 0.6) is 0 Å². The third-order valence-corrected chi connectivity index (χ3v) is 1.56. The molecule has 0 aliphatic heterocycles. The highest BCUT2D eigenvalue weighted by Gasteiger charge is 2.03. The van der Waals surface area contributed by atoms with Crippen molar-refractivity contribution in [2.75, 3.05) is 0 Å². The largest absolute Gasteiger partial charge is 0.354 e. The monoisotopic (exact) mass is 178 g/mol. The van der Waals surface area contributed by atoms with Gasteiger partial charge in [-0.25, -0.2) is 0 Å². The van der Waals surface area contributed by atoms with Gasteiger partial charge in [0.15, 0.2) is 0 Å². The Bertz CT molecular complexity index is 270. The van der Waals surface area contributed by atoms with Crippen molar-refractivity contribution in [2.24, 2.45) is 0 Å². The average Bonchev–Trinajstić information content (AvgIpc) is 2.04. The highest BCUT2D eigenvalue weighted by Crippen LogP contribution is 1.97. The van der Waals surface area contributed by atoms with E-state index < -0.39 is 0 Å². The van der Waals surface area contributed by atoms with Crippen LogP contribution in [0, 0.1) is 0 Å². The number of rotatable bonds is 3. The molecule has 0 atom stereocenters. The van der Waals surface area contributed by atoms with Crippen molar-refractivity contribution in [3.05, 3.63) is 30.1 Å². The van der Waals surface area contributed by atoms with E-state index in [1.165, 1.54) is 0 Å². The topological polar surface area (TPSA) is 42.0 Å². The van der Waals surface area contributed by atoms with E-state index in [1.54, 1.807) is 12.4 Å². The first kappa shape index (κ1) is 9.71. The quantitative estimate of drug-likeness (QED) is 0.754. The number of carbonyl (C=O) groups is 1. The molecule has 0 radical (unpaired) electrons. The van der Waals surface area contributed by atoms with Crippen LogP contribution < -0.4 is 5.32 Å². The summed E-state index contributed by atoms with van der Waals surface area (Å²) in [5.74, 6) is 0.0567. The number of aromatic nitrogens is 1. The summed E-state index contributed by atoms with van der Waals surface area (Å²) >= 11 is 0. The highest BCUT2D eigenvalue weighted by molar-refractivity contribution is 5.78. The van der Waals surface area contributed by atoms with Crippen LogP contribution >= 0.6 is 0 Å². The summed E-state index contributed by atoms with van der Waals surface area (Å²) in [5, 5.41) is 2.83. The first-order valence-electron chi connectivity index (χ1n) is 4.37. The zero-order valence-electron chi connectivity index (χ0n) is 7.95. The predicted molar refractivity (Wildman–Crippen MR) is 51.2 cm³/mol. The SMILES string of the molecule is CC(C)NC(=O)Cc1ccncc1. The minimum Gasteiger partial charge on any atom is -0.354 e. The van der Waals surface area contributed by atoms with E-state index in [2.05, 4.69) is 10.3 Å². The zero-order valence-corrected chi connectivity index (χ0v) is 7.95. The van der Waals surface area contributed by atoms with Gasteiger partial charge in [0.05, 0.1) is 6.42 Å². The van der Waals surface area contributed by atoms with Crippen LogP contribution in [0.15, 0.2) is 24.5 Å². The summed E-state index contributed by atoms with van der Waals surface area (Å²) in [6.45, 7) is 3.90. The summed E-state index contributed by atoms with van der Waals surface area (Å²) in [6.07, 6.45) is 3.82. The van der Waals surface area contributed by atoms with E-state index in [0.717, 1.165) is 5.56 Å². The molecule has 0 saturated carbocycles. The molecule has 0 spiro atoms. The van der Waals surface area contributed by atoms with Crippen molar-refractivity contribution in [1.82, 2.24) is 10.3 Å². The minimum atomic E-state index is 0.0567. The van der Waals surface area contributed by atoms with Crippen LogP contribution in [0.4, 0.5) is 0 Å². The van der Waals surface area contributed by atoms with Gasteiger partial charge >= 0.3 is 0 Å². The second-order valence-electron chi connectivity index (χ2n) is 3.25. The Morgan fingerprint density at radius 1 is 1.46 bits per heavy atom. The van der Waals surface area contributed by atoms with Crippen molar-refractivity contribution >= 4 is 5.91 Å². The molecule has 70 valence electrons. The van der Waals surface area contributed by atoms with Gasteiger partial charge in [-0.05, 0) is 31.5 Å². The van der Waals surface area contributed by atoms with Crippen LogP contribution in [0.3, 0.4) is 0 Å². The van der Waals surface area contributed by atoms with Crippen LogP contribution in [0.25, 0.3) is 0 Å². The second-order valence-corrected chi connectivity index (χ2v) is 3.25. The fraction of sp³-hybridized carbons (Fsp3) is 0.400. The van der Waals surface area contributed by atoms with E-state index >= 15 is 0 Å². The molecule has 0 saturated heterocycles. The van der Waals surface area contributed by atoms with Gasteiger partial charge in [-0.2, -0.15) is 0 Å². The molecule has 0 unspecified atom stereocenters. The van der Waals surface area contributed by atoms with E-state index in [1.807, 2.05) is 26.0 Å². The Morgan fingerprint density at radius 3 is 2.62 bits per heavy atom. The van der Waals surface area contributed by atoms with Crippen LogP contribution in [-0.2, 0) is 11.2 Å². The van der Waals surface area contributed by atoms with E-state index in [-0.39, 0.29) is 11.9 Å². The fourth-order valence-corrected chi connectivity index (χ4v) is 1.06. The summed E-state index contributed by atoms with van der Waals surface area (Å²) in [7, 11) is 0. The summed E-state index contributed by atoms with van der Waals surface area (Å²) < 4.78 is 0. The number of hydrogen-bond donors (Lipinski definition) is 1. The lowest BCUT2D eigenvalue weighted by molar-refractivity contribution is -0.120. The predicted octanol–water partition coefficient (Wildman–Crippen LogP) is 1.15. The van der Waals surface area contributed by atoms with Gasteiger partial charge in [-0.15, -0.1) is 0 Å². The average molecular weight is 178 g/mol. The van der Waals surface area contributed by atoms with Crippen molar-refractivity contribution in [2.45, 2.75) is 26.3 Å². The lowest BCUT2D eigenvalue weighted by Gasteiger charge is -2.07. The Balaban J connectivity index is 2.46. The minimum absolute atomic E-state index is 0.0567. The van der Waals surface area contributed by atoms with Crippen molar-refractivity contribution in [3.63, 3.8) is 0 Å². The van der Waals surface area contributed by atoms with Gasteiger partial charge in [-0.1, -0.05) is 0 Å². The number of pyridine rings is 1. The number of carbonyl (C=O) groups excluding carboxylic acids is 1. The molecule has 0 fully saturated rings. The maximum Gasteiger partial charge on any atom is 0.224 e. The number of nitrogens with zero attached hydrogens (tertiary/aromatic N) is 1. The van der Waals surface area contributed by atoms with E-state index in [0.29, 0.717) is 6.42 Å². The number of hydrogen-bond acceptors (Lipinski definition) is 2. The third-order valence-electron chi connectivity index (χ3n) is 1.56. The van der Waals surface area contributed by atoms with E-state index in [9.17, 15) is 4.79 Å². The molecular weight excluding hydrogens is 164 g/mol. The second kappa shape index (κ2) is 4.60. The number of nitrogens with one attached hydrogen (secondary N) is 1. The molecule has 1 N–H and O–H groups in total. The molecule has 3 nitrogen and oxygen atoms in total. The van der Waals surface area contributed by atoms with Crippen LogP contribution in [-0.4, -0.2) is 16.9 Å². The molecule has 1 heterocycles. The molecule has 0 aliphatic carbocycles. The van der Waals surface area contributed by atoms with Crippen molar-refractivity contribution < 1.29 is 4.79 Å². The normalized spacial score (nSPS) is 10.1. The summed E-state index contributed by atoms with van der Waals surface area (Å²) in [4.78, 5) is 15.2. The Kier molecular flexibility index (Phi) is 3.43. The molecule has 13 heavy (non-hydrogen) atoms. The molecule has 1 aromatic rings. The Labute approximate surface area is 78.2 Å². The first-order valence-corrected chi connectivity index (χ1v) is 4.37. The van der Waals surface area contributed by atoms with Gasteiger partial charge in [0, 0.05) is 18.4 Å². The molecule has 1 aromatic heterocycles. The van der Waals surface area contributed by atoms with Gasteiger partial charge in [-0.3, -0.25) is 9.78 Å². The third kappa shape index (κ3) is 3.69. The molecule has 0 aliphatic rings. The Hall–Kier alpha value is -1.38. The van der Waals surface area contributed by atoms with Crippen molar-refractivity contribution in [1.29, 1.82) is 0 Å². The highest BCUT2D eigenvalue weighted by atomic mass is 16.1. The molecule has 0 bridgehead atoms. The molecule has 1 rings (SSSR count). The van der Waals surface area contributed by atoms with Crippen LogP contribution in [0.2, 0.25) is 0 Å². The fourth-order valence-electron chi connectivity index (χ4n) is 1.06. The maximum atomic E-state index is 11.3. The van der Waals surface area contributed by atoms with Crippen LogP contribution in [0.1, 0.15) is 19.4 Å². The molecule has 1 amide bonds. The van der Waals surface area contributed by atoms with Gasteiger partial charge in [0.1, 0.15) is 0 Å². The zero-order chi connectivity index (χ0) is 9.68. The van der Waals surface area contributed by atoms with Gasteiger partial charge in [0.2, 0.25) is 5.91 Å². The summed E-state index contributed by atoms with van der Waals surface area (Å²) in [5.41, 5.74) is 0.994. The van der Waals surface area contributed by atoms with E-state index in [4.69, 9.17) is 0 Å². The lowest BCUT2D eigenvalue weighted by Crippen LogP contribution is -2.31. The summed E-state index contributed by atoms with van der Waals surface area (Å²) in [6, 6.07) is 3.90.